The predicted octanol–water partition coefficient (Wildman–Crippen LogP) is 3.23. The number of nitrogens with zero attached hydrogens (tertiary/aromatic N) is 1. The molecule has 5 nitrogen and oxygen atoms in total. The lowest BCUT2D eigenvalue weighted by Gasteiger charge is -2.31. The van der Waals surface area contributed by atoms with Gasteiger partial charge in [-0.1, -0.05) is 30.3 Å². The second kappa shape index (κ2) is 9.64. The topological polar surface area (TPSA) is 66.5 Å². The van der Waals surface area contributed by atoms with Crippen molar-refractivity contribution in [1.29, 1.82) is 0 Å². The molecule has 1 aliphatic rings. The third kappa shape index (κ3) is 5.52. The summed E-state index contributed by atoms with van der Waals surface area (Å²) in [4.78, 5) is 27.5. The molecule has 2 aromatic carbocycles. The molecular formula is C22H26N2O3S. The van der Waals surface area contributed by atoms with Crippen molar-refractivity contribution in [2.75, 3.05) is 24.7 Å². The molecule has 0 spiro atoms. The van der Waals surface area contributed by atoms with E-state index < -0.39 is 10.8 Å². The first-order chi connectivity index (χ1) is 13.5. The first kappa shape index (κ1) is 20.3. The fraction of sp³-hybridized carbons (Fsp3) is 0.364. The highest BCUT2D eigenvalue weighted by atomic mass is 32.2. The highest BCUT2D eigenvalue weighted by Crippen LogP contribution is 2.21. The number of benzene rings is 2. The van der Waals surface area contributed by atoms with Crippen molar-refractivity contribution < 1.29 is 13.8 Å². The molecule has 1 fully saturated rings. The van der Waals surface area contributed by atoms with Gasteiger partial charge in [-0.25, -0.2) is 0 Å². The van der Waals surface area contributed by atoms with Gasteiger partial charge >= 0.3 is 0 Å². The number of hydrogen-bond donors (Lipinski definition) is 1. The highest BCUT2D eigenvalue weighted by Gasteiger charge is 2.27. The minimum Gasteiger partial charge on any atom is -0.343 e. The van der Waals surface area contributed by atoms with E-state index in [9.17, 15) is 13.8 Å². The van der Waals surface area contributed by atoms with Crippen molar-refractivity contribution in [3.8, 4) is 0 Å². The van der Waals surface area contributed by atoms with Gasteiger partial charge in [-0.2, -0.15) is 0 Å². The zero-order valence-corrected chi connectivity index (χ0v) is 16.9. The molecule has 0 bridgehead atoms. The summed E-state index contributed by atoms with van der Waals surface area (Å²) in [5.41, 5.74) is 1.88. The van der Waals surface area contributed by atoms with E-state index in [2.05, 4.69) is 5.32 Å². The molecule has 0 saturated carbocycles. The average molecular weight is 399 g/mol. The van der Waals surface area contributed by atoms with Crippen LogP contribution >= 0.6 is 0 Å². The number of carbonyl (C=O) groups is 2. The summed E-state index contributed by atoms with van der Waals surface area (Å²) in [6.07, 6.45) is 4.24. The number of rotatable bonds is 6. The van der Waals surface area contributed by atoms with Crippen LogP contribution in [0.2, 0.25) is 0 Å². The monoisotopic (exact) mass is 398 g/mol. The number of piperidine rings is 1. The van der Waals surface area contributed by atoms with Crippen molar-refractivity contribution in [1.82, 2.24) is 4.90 Å². The number of amides is 2. The lowest BCUT2D eigenvalue weighted by molar-refractivity contribution is -0.134. The quantitative estimate of drug-likeness (QED) is 0.812. The molecule has 1 aliphatic heterocycles. The predicted molar refractivity (Wildman–Crippen MR) is 111 cm³/mol. The molecular weight excluding hydrogens is 372 g/mol. The average Bonchev–Trinajstić information content (AvgIpc) is 2.73. The molecule has 28 heavy (non-hydrogen) atoms. The Bertz CT molecular complexity index is 829. The molecule has 2 aromatic rings. The Morgan fingerprint density at radius 1 is 1.04 bits per heavy atom. The Labute approximate surface area is 168 Å². The summed E-state index contributed by atoms with van der Waals surface area (Å²) in [6, 6.07) is 17.1. The van der Waals surface area contributed by atoms with E-state index in [1.165, 1.54) is 5.56 Å². The van der Waals surface area contributed by atoms with E-state index in [4.69, 9.17) is 0 Å². The molecule has 2 amide bonds. The smallest absolute Gasteiger partial charge is 0.227 e. The zero-order valence-electron chi connectivity index (χ0n) is 16.1. The molecule has 1 unspecified atom stereocenters. The fourth-order valence-electron chi connectivity index (χ4n) is 3.42. The molecule has 0 aromatic heterocycles. The van der Waals surface area contributed by atoms with Crippen LogP contribution in [0.25, 0.3) is 0 Å². The minimum atomic E-state index is -1.03. The van der Waals surface area contributed by atoms with Crippen LogP contribution in [0, 0.1) is 5.92 Å². The fourth-order valence-corrected chi connectivity index (χ4v) is 3.94. The van der Waals surface area contributed by atoms with Crippen LogP contribution in [0.3, 0.4) is 0 Å². The van der Waals surface area contributed by atoms with Crippen LogP contribution in [-0.4, -0.2) is 40.3 Å². The van der Waals surface area contributed by atoms with Gasteiger partial charge in [0.05, 0.1) is 0 Å². The van der Waals surface area contributed by atoms with E-state index in [1.54, 1.807) is 30.5 Å². The third-order valence-electron chi connectivity index (χ3n) is 5.14. The Morgan fingerprint density at radius 2 is 1.68 bits per heavy atom. The van der Waals surface area contributed by atoms with E-state index in [1.807, 2.05) is 35.2 Å². The molecule has 1 saturated heterocycles. The first-order valence-electron chi connectivity index (χ1n) is 9.59. The van der Waals surface area contributed by atoms with Crippen LogP contribution in [-0.2, 0) is 26.8 Å². The van der Waals surface area contributed by atoms with Gasteiger partial charge in [0.2, 0.25) is 11.8 Å². The molecule has 3 rings (SSSR count). The lowest BCUT2D eigenvalue weighted by atomic mass is 9.95. The van der Waals surface area contributed by atoms with Gasteiger partial charge in [0.1, 0.15) is 0 Å². The van der Waals surface area contributed by atoms with Crippen molar-refractivity contribution in [2.24, 2.45) is 5.92 Å². The number of carbonyl (C=O) groups excluding carboxylic acids is 2. The van der Waals surface area contributed by atoms with Gasteiger partial charge in [-0.05, 0) is 49.1 Å². The molecule has 1 N–H and O–H groups in total. The van der Waals surface area contributed by atoms with Gasteiger partial charge in [-0.15, -0.1) is 0 Å². The summed E-state index contributed by atoms with van der Waals surface area (Å²) in [5.74, 6) is 0.0609. The Hall–Kier alpha value is -2.47. The van der Waals surface area contributed by atoms with Crippen molar-refractivity contribution >= 4 is 28.3 Å². The molecule has 1 heterocycles. The molecule has 1 atom stereocenters. The normalized spacial score (nSPS) is 15.8. The van der Waals surface area contributed by atoms with Crippen LogP contribution in [0.5, 0.6) is 0 Å². The van der Waals surface area contributed by atoms with Crippen molar-refractivity contribution in [3.05, 3.63) is 60.2 Å². The number of hydrogen-bond acceptors (Lipinski definition) is 3. The van der Waals surface area contributed by atoms with E-state index in [0.717, 1.165) is 11.3 Å². The summed E-state index contributed by atoms with van der Waals surface area (Å²) in [5, 5.41) is 2.93. The van der Waals surface area contributed by atoms with Crippen LogP contribution in [0.1, 0.15) is 24.8 Å². The van der Waals surface area contributed by atoms with Gasteiger partial charge in [0.15, 0.2) is 0 Å². The lowest BCUT2D eigenvalue weighted by Crippen LogP contribution is -2.41. The number of aryl methyl sites for hydroxylation is 1. The molecule has 148 valence electrons. The SMILES string of the molecule is CS(=O)c1ccc(NC(=O)C2CCN(C(=O)CCc3ccccc3)CC2)cc1. The number of likely N-dealkylation sites (tertiary alicyclic amines) is 1. The Balaban J connectivity index is 1.44. The maximum Gasteiger partial charge on any atom is 0.227 e. The summed E-state index contributed by atoms with van der Waals surface area (Å²) >= 11 is 0. The van der Waals surface area contributed by atoms with Crippen LogP contribution < -0.4 is 5.32 Å². The molecule has 6 heteroatoms. The summed E-state index contributed by atoms with van der Waals surface area (Å²) in [6.45, 7) is 1.25. The van der Waals surface area contributed by atoms with Gasteiger partial charge in [-0.3, -0.25) is 13.8 Å². The maximum absolute atomic E-state index is 12.5. The van der Waals surface area contributed by atoms with Crippen molar-refractivity contribution in [3.63, 3.8) is 0 Å². The second-order valence-corrected chi connectivity index (χ2v) is 8.49. The van der Waals surface area contributed by atoms with E-state index >= 15 is 0 Å². The third-order valence-corrected chi connectivity index (χ3v) is 6.08. The number of nitrogens with one attached hydrogen (secondary N) is 1. The van der Waals surface area contributed by atoms with E-state index in [0.29, 0.717) is 38.0 Å². The number of anilines is 1. The molecule has 0 radical (unpaired) electrons. The second-order valence-electron chi connectivity index (χ2n) is 7.11. The molecule has 0 aliphatic carbocycles. The Kier molecular flexibility index (Phi) is 6.98. The standard InChI is InChI=1S/C22H26N2O3S/c1-28(27)20-10-8-19(9-11-20)23-22(26)18-13-15-24(16-14-18)21(25)12-7-17-5-3-2-4-6-17/h2-6,8-11,18H,7,12-16H2,1H3,(H,23,26). The van der Waals surface area contributed by atoms with E-state index in [-0.39, 0.29) is 17.7 Å². The van der Waals surface area contributed by atoms with Crippen LogP contribution in [0.15, 0.2) is 59.5 Å². The first-order valence-corrected chi connectivity index (χ1v) is 11.1. The van der Waals surface area contributed by atoms with Crippen LogP contribution in [0.4, 0.5) is 5.69 Å². The van der Waals surface area contributed by atoms with Crippen molar-refractivity contribution in [2.45, 2.75) is 30.6 Å². The Morgan fingerprint density at radius 3 is 2.29 bits per heavy atom. The highest BCUT2D eigenvalue weighted by molar-refractivity contribution is 7.84. The summed E-state index contributed by atoms with van der Waals surface area (Å²) in [7, 11) is -1.03. The minimum absolute atomic E-state index is 0.0123. The van der Waals surface area contributed by atoms with Gasteiger partial charge < -0.3 is 10.2 Å². The zero-order chi connectivity index (χ0) is 19.9. The van der Waals surface area contributed by atoms with Gasteiger partial charge in [0, 0.05) is 53.1 Å². The summed E-state index contributed by atoms with van der Waals surface area (Å²) < 4.78 is 11.4. The largest absolute Gasteiger partial charge is 0.343 e. The van der Waals surface area contributed by atoms with Gasteiger partial charge in [0.25, 0.3) is 0 Å². The maximum atomic E-state index is 12.5.